The van der Waals surface area contributed by atoms with E-state index in [4.69, 9.17) is 4.74 Å². The van der Waals surface area contributed by atoms with E-state index in [0.717, 1.165) is 19.4 Å². The Hall–Kier alpha value is -2.67. The van der Waals surface area contributed by atoms with E-state index in [0.29, 0.717) is 36.1 Å². The van der Waals surface area contributed by atoms with Crippen molar-refractivity contribution in [1.29, 1.82) is 0 Å². The van der Waals surface area contributed by atoms with Crippen molar-refractivity contribution in [2.75, 3.05) is 25.6 Å². The summed E-state index contributed by atoms with van der Waals surface area (Å²) in [5, 5.41) is 3.23. The van der Waals surface area contributed by atoms with Crippen molar-refractivity contribution in [1.82, 2.24) is 20.2 Å². The van der Waals surface area contributed by atoms with Gasteiger partial charge in [0.05, 0.1) is 6.61 Å². The van der Waals surface area contributed by atoms with Crippen LogP contribution in [0.25, 0.3) is 0 Å². The van der Waals surface area contributed by atoms with Crippen LogP contribution in [0.1, 0.15) is 48.5 Å². The van der Waals surface area contributed by atoms with E-state index in [1.54, 1.807) is 11.1 Å². The summed E-state index contributed by atoms with van der Waals surface area (Å²) in [6.45, 7) is 3.33. The van der Waals surface area contributed by atoms with Gasteiger partial charge in [-0.05, 0) is 38.2 Å². The van der Waals surface area contributed by atoms with Crippen LogP contribution < -0.4 is 15.0 Å². The Morgan fingerprint density at radius 1 is 1.20 bits per heavy atom. The molecule has 2 saturated heterocycles. The number of ether oxygens (including phenoxy) is 1. The molecule has 0 radical (unpaired) electrons. The summed E-state index contributed by atoms with van der Waals surface area (Å²) in [5.41, 5.74) is 1.76. The number of carbonyl (C=O) groups excluding carboxylic acids is 1. The lowest BCUT2D eigenvalue weighted by atomic mass is 9.96. The maximum Gasteiger partial charge on any atom is 0.258 e. The summed E-state index contributed by atoms with van der Waals surface area (Å²) >= 11 is 0. The molecule has 0 spiro atoms. The first-order chi connectivity index (χ1) is 14.5. The predicted octanol–water partition coefficient (Wildman–Crippen LogP) is 2.87. The van der Waals surface area contributed by atoms with E-state index in [1.807, 2.05) is 21.0 Å². The van der Waals surface area contributed by atoms with Gasteiger partial charge >= 0.3 is 0 Å². The van der Waals surface area contributed by atoms with Crippen molar-refractivity contribution in [3.8, 4) is 5.88 Å². The number of aromatic nitrogens is 2. The number of anilines is 1. The molecule has 0 aliphatic carbocycles. The third-order valence-corrected chi connectivity index (χ3v) is 6.09. The predicted molar refractivity (Wildman–Crippen MR) is 117 cm³/mol. The fraction of sp³-hybridized carbons (Fsp3) is 0.522. The lowest BCUT2D eigenvalue weighted by Gasteiger charge is -2.39. The highest BCUT2D eigenvalue weighted by Gasteiger charge is 2.41. The molecule has 2 aliphatic rings. The summed E-state index contributed by atoms with van der Waals surface area (Å²) in [4.78, 5) is 26.1. The van der Waals surface area contributed by atoms with Gasteiger partial charge in [-0.1, -0.05) is 30.3 Å². The standard InChI is InChI=1S/C23H31N5O2/c1-4-30-22-20(14-24-23(26-22)27(2)3)21(29)25-17-12-18-10-11-19(13-17)28(18)15-16-8-6-5-7-9-16/h5-9,14,17-19H,4,10-13,15H2,1-3H3,(H,25,29). The molecule has 2 atom stereocenters. The molecule has 2 aliphatic heterocycles. The number of nitrogens with zero attached hydrogens (tertiary/aromatic N) is 4. The SMILES string of the molecule is CCOc1nc(N(C)C)ncc1C(=O)NC1CC2CCC(C1)N2Cc1ccccc1. The first-order valence-electron chi connectivity index (χ1n) is 10.8. The van der Waals surface area contributed by atoms with Gasteiger partial charge in [-0.15, -0.1) is 0 Å². The fourth-order valence-electron chi connectivity index (χ4n) is 4.68. The van der Waals surface area contributed by atoms with Crippen LogP contribution >= 0.6 is 0 Å². The number of hydrogen-bond acceptors (Lipinski definition) is 6. The molecule has 3 heterocycles. The second kappa shape index (κ2) is 9.00. The Balaban J connectivity index is 1.42. The highest BCUT2D eigenvalue weighted by molar-refractivity contribution is 5.96. The van der Waals surface area contributed by atoms with Crippen LogP contribution in [0.3, 0.4) is 0 Å². The van der Waals surface area contributed by atoms with Gasteiger partial charge in [-0.3, -0.25) is 9.69 Å². The van der Waals surface area contributed by atoms with Gasteiger partial charge in [0.15, 0.2) is 0 Å². The van der Waals surface area contributed by atoms with Crippen LogP contribution in [0, 0.1) is 0 Å². The summed E-state index contributed by atoms with van der Waals surface area (Å²) in [6.07, 6.45) is 5.94. The van der Waals surface area contributed by atoms with Crippen molar-refractivity contribution in [2.24, 2.45) is 0 Å². The van der Waals surface area contributed by atoms with Crippen LogP contribution in [0.5, 0.6) is 5.88 Å². The topological polar surface area (TPSA) is 70.6 Å². The van der Waals surface area contributed by atoms with E-state index in [9.17, 15) is 4.79 Å². The summed E-state index contributed by atoms with van der Waals surface area (Å²) in [6, 6.07) is 11.9. The largest absolute Gasteiger partial charge is 0.477 e. The Morgan fingerprint density at radius 3 is 2.53 bits per heavy atom. The first kappa shape index (κ1) is 20.6. The molecule has 1 amide bonds. The lowest BCUT2D eigenvalue weighted by molar-refractivity contribution is 0.0824. The Kier molecular flexibility index (Phi) is 6.18. The zero-order chi connectivity index (χ0) is 21.1. The van der Waals surface area contributed by atoms with Gasteiger partial charge in [0, 0.05) is 45.0 Å². The Labute approximate surface area is 178 Å². The normalized spacial score (nSPS) is 23.2. The summed E-state index contributed by atoms with van der Waals surface area (Å²) < 4.78 is 5.63. The van der Waals surface area contributed by atoms with Crippen molar-refractivity contribution < 1.29 is 9.53 Å². The van der Waals surface area contributed by atoms with Crippen molar-refractivity contribution in [3.63, 3.8) is 0 Å². The fourth-order valence-corrected chi connectivity index (χ4v) is 4.68. The minimum absolute atomic E-state index is 0.148. The highest BCUT2D eigenvalue weighted by Crippen LogP contribution is 2.37. The lowest BCUT2D eigenvalue weighted by Crippen LogP contribution is -2.50. The van der Waals surface area contributed by atoms with Crippen LogP contribution in [0.2, 0.25) is 0 Å². The zero-order valence-corrected chi connectivity index (χ0v) is 18.0. The molecule has 0 saturated carbocycles. The average Bonchev–Trinajstić information content (AvgIpc) is 2.96. The number of benzene rings is 1. The molecule has 1 N–H and O–H groups in total. The monoisotopic (exact) mass is 409 g/mol. The third kappa shape index (κ3) is 4.41. The Morgan fingerprint density at radius 2 is 1.90 bits per heavy atom. The molecule has 30 heavy (non-hydrogen) atoms. The summed E-state index contributed by atoms with van der Waals surface area (Å²) in [5.74, 6) is 0.727. The third-order valence-electron chi connectivity index (χ3n) is 6.09. The summed E-state index contributed by atoms with van der Waals surface area (Å²) in [7, 11) is 3.73. The van der Waals surface area contributed by atoms with E-state index in [-0.39, 0.29) is 11.9 Å². The van der Waals surface area contributed by atoms with E-state index in [1.165, 1.54) is 18.4 Å². The number of nitrogens with one attached hydrogen (secondary N) is 1. The second-order valence-corrected chi connectivity index (χ2v) is 8.40. The first-order valence-corrected chi connectivity index (χ1v) is 10.8. The minimum Gasteiger partial charge on any atom is -0.477 e. The molecular formula is C23H31N5O2. The van der Waals surface area contributed by atoms with Crippen LogP contribution in [-0.2, 0) is 6.54 Å². The highest BCUT2D eigenvalue weighted by atomic mass is 16.5. The van der Waals surface area contributed by atoms with E-state index >= 15 is 0 Å². The van der Waals surface area contributed by atoms with Gasteiger partial charge in [-0.2, -0.15) is 4.98 Å². The molecule has 2 aromatic rings. The van der Waals surface area contributed by atoms with E-state index < -0.39 is 0 Å². The van der Waals surface area contributed by atoms with Crippen molar-refractivity contribution in [2.45, 2.75) is 57.3 Å². The second-order valence-electron chi connectivity index (χ2n) is 8.40. The van der Waals surface area contributed by atoms with Crippen molar-refractivity contribution in [3.05, 3.63) is 47.7 Å². The molecule has 2 unspecified atom stereocenters. The maximum atomic E-state index is 13.0. The van der Waals surface area contributed by atoms with Gasteiger partial charge < -0.3 is 15.0 Å². The molecule has 160 valence electrons. The van der Waals surface area contributed by atoms with Crippen LogP contribution in [0.15, 0.2) is 36.5 Å². The van der Waals surface area contributed by atoms with Gasteiger partial charge in [-0.25, -0.2) is 4.98 Å². The van der Waals surface area contributed by atoms with Crippen LogP contribution in [0.4, 0.5) is 5.95 Å². The molecular weight excluding hydrogens is 378 g/mol. The van der Waals surface area contributed by atoms with E-state index in [2.05, 4.69) is 50.5 Å². The molecule has 4 rings (SSSR count). The molecule has 1 aromatic carbocycles. The van der Waals surface area contributed by atoms with Gasteiger partial charge in [0.2, 0.25) is 11.8 Å². The van der Waals surface area contributed by atoms with Crippen LogP contribution in [-0.4, -0.2) is 59.6 Å². The molecule has 2 bridgehead atoms. The molecule has 1 aromatic heterocycles. The molecule has 7 heteroatoms. The number of hydrogen-bond donors (Lipinski definition) is 1. The average molecular weight is 410 g/mol. The molecule has 2 fully saturated rings. The number of piperidine rings is 1. The van der Waals surface area contributed by atoms with Gasteiger partial charge in [0.25, 0.3) is 5.91 Å². The van der Waals surface area contributed by atoms with Gasteiger partial charge in [0.1, 0.15) is 5.56 Å². The Bertz CT molecular complexity index is 859. The number of amides is 1. The number of carbonyl (C=O) groups is 1. The quantitative estimate of drug-likeness (QED) is 0.758. The minimum atomic E-state index is -0.148. The number of fused-ring (bicyclic) bond motifs is 2. The molecule has 7 nitrogen and oxygen atoms in total. The maximum absolute atomic E-state index is 13.0. The number of rotatable bonds is 7. The zero-order valence-electron chi connectivity index (χ0n) is 18.0. The van der Waals surface area contributed by atoms with Crippen molar-refractivity contribution >= 4 is 11.9 Å². The smallest absolute Gasteiger partial charge is 0.258 e.